The van der Waals surface area contributed by atoms with Gasteiger partial charge in [-0.25, -0.2) is 14.8 Å². The first kappa shape index (κ1) is 18.5. The van der Waals surface area contributed by atoms with Crippen molar-refractivity contribution in [2.45, 2.75) is 20.3 Å². The highest BCUT2D eigenvalue weighted by Gasteiger charge is 2.19. The van der Waals surface area contributed by atoms with Crippen LogP contribution in [0.4, 0.5) is 23.0 Å². The van der Waals surface area contributed by atoms with Crippen LogP contribution in [0.1, 0.15) is 30.6 Å². The lowest BCUT2D eigenvalue weighted by atomic mass is 10.1. The molecule has 0 unspecified atom stereocenters. The standard InChI is InChI=1S/C18H25N5O2/c1-12(2)9-10-20-16-15(19)17(22-11-21-16)23(3)14-8-6-5-7-13(14)18(24)25-4/h5-8,11-12H,9-10,19H2,1-4H3,(H,20,21,22). The average molecular weight is 343 g/mol. The number of para-hydroxylation sites is 1. The summed E-state index contributed by atoms with van der Waals surface area (Å²) in [7, 11) is 3.16. The number of aromatic nitrogens is 2. The van der Waals surface area contributed by atoms with Crippen molar-refractivity contribution < 1.29 is 9.53 Å². The molecule has 7 heteroatoms. The van der Waals surface area contributed by atoms with Crippen molar-refractivity contribution in [3.8, 4) is 0 Å². The maximum absolute atomic E-state index is 12.0. The van der Waals surface area contributed by atoms with E-state index in [1.807, 2.05) is 12.1 Å². The van der Waals surface area contributed by atoms with Gasteiger partial charge in [-0.3, -0.25) is 0 Å². The first-order valence-electron chi connectivity index (χ1n) is 8.21. The van der Waals surface area contributed by atoms with Gasteiger partial charge in [0.25, 0.3) is 0 Å². The number of rotatable bonds is 7. The van der Waals surface area contributed by atoms with Gasteiger partial charge in [0.2, 0.25) is 0 Å². The van der Waals surface area contributed by atoms with E-state index in [0.717, 1.165) is 13.0 Å². The van der Waals surface area contributed by atoms with Crippen molar-refractivity contribution in [3.63, 3.8) is 0 Å². The van der Waals surface area contributed by atoms with Gasteiger partial charge >= 0.3 is 5.97 Å². The molecule has 134 valence electrons. The number of esters is 1. The van der Waals surface area contributed by atoms with Crippen molar-refractivity contribution in [3.05, 3.63) is 36.2 Å². The van der Waals surface area contributed by atoms with Crippen LogP contribution in [0.5, 0.6) is 0 Å². The minimum absolute atomic E-state index is 0.412. The highest BCUT2D eigenvalue weighted by Crippen LogP contribution is 2.32. The average Bonchev–Trinajstić information content (AvgIpc) is 2.61. The summed E-state index contributed by atoms with van der Waals surface area (Å²) in [5, 5.41) is 3.25. The third-order valence-electron chi connectivity index (χ3n) is 3.87. The van der Waals surface area contributed by atoms with Crippen LogP contribution in [0.2, 0.25) is 0 Å². The van der Waals surface area contributed by atoms with Gasteiger partial charge < -0.3 is 20.7 Å². The number of anilines is 4. The second-order valence-corrected chi connectivity index (χ2v) is 6.14. The quantitative estimate of drug-likeness (QED) is 0.746. The molecule has 0 aliphatic rings. The molecule has 0 atom stereocenters. The van der Waals surface area contributed by atoms with Crippen molar-refractivity contribution in [2.24, 2.45) is 5.92 Å². The second-order valence-electron chi connectivity index (χ2n) is 6.14. The number of hydrogen-bond donors (Lipinski definition) is 2. The molecule has 2 rings (SSSR count). The second kappa shape index (κ2) is 8.32. The van der Waals surface area contributed by atoms with Crippen molar-refractivity contribution in [1.29, 1.82) is 0 Å². The highest BCUT2D eigenvalue weighted by molar-refractivity contribution is 5.97. The molecule has 0 spiro atoms. The number of nitrogens with two attached hydrogens (primary N) is 1. The largest absolute Gasteiger partial charge is 0.465 e. The Morgan fingerprint density at radius 1 is 1.32 bits per heavy atom. The Balaban J connectivity index is 2.31. The van der Waals surface area contributed by atoms with Gasteiger partial charge in [0.1, 0.15) is 12.0 Å². The Kier molecular flexibility index (Phi) is 6.16. The van der Waals surface area contributed by atoms with E-state index in [-0.39, 0.29) is 0 Å². The van der Waals surface area contributed by atoms with Gasteiger partial charge in [-0.2, -0.15) is 0 Å². The van der Waals surface area contributed by atoms with Crippen molar-refractivity contribution in [1.82, 2.24) is 9.97 Å². The summed E-state index contributed by atoms with van der Waals surface area (Å²) in [5.41, 5.74) is 7.79. The first-order chi connectivity index (χ1) is 12.0. The topological polar surface area (TPSA) is 93.4 Å². The zero-order chi connectivity index (χ0) is 18.4. The molecule has 0 fully saturated rings. The summed E-state index contributed by atoms with van der Waals surface area (Å²) in [6, 6.07) is 7.15. The predicted octanol–water partition coefficient (Wildman–Crippen LogP) is 3.07. The Morgan fingerprint density at radius 2 is 2.04 bits per heavy atom. The van der Waals surface area contributed by atoms with E-state index >= 15 is 0 Å². The molecule has 0 aliphatic carbocycles. The Labute approximate surface area is 148 Å². The lowest BCUT2D eigenvalue weighted by molar-refractivity contribution is 0.0601. The molecule has 0 aliphatic heterocycles. The van der Waals surface area contributed by atoms with Crippen molar-refractivity contribution in [2.75, 3.05) is 36.7 Å². The molecular weight excluding hydrogens is 318 g/mol. The Morgan fingerprint density at radius 3 is 2.72 bits per heavy atom. The zero-order valence-corrected chi connectivity index (χ0v) is 15.1. The fourth-order valence-corrected chi connectivity index (χ4v) is 2.44. The molecule has 7 nitrogen and oxygen atoms in total. The number of hydrogen-bond acceptors (Lipinski definition) is 7. The van der Waals surface area contributed by atoms with Gasteiger partial charge in [0, 0.05) is 13.6 Å². The van der Waals surface area contributed by atoms with Gasteiger partial charge in [-0.05, 0) is 24.5 Å². The third-order valence-corrected chi connectivity index (χ3v) is 3.87. The molecule has 0 saturated carbocycles. The minimum Gasteiger partial charge on any atom is -0.465 e. The zero-order valence-electron chi connectivity index (χ0n) is 15.1. The van der Waals surface area contributed by atoms with Crippen LogP contribution in [0, 0.1) is 5.92 Å². The lowest BCUT2D eigenvalue weighted by Gasteiger charge is -2.23. The molecule has 3 N–H and O–H groups in total. The van der Waals surface area contributed by atoms with E-state index in [9.17, 15) is 4.79 Å². The summed E-state index contributed by atoms with van der Waals surface area (Å²) in [6.45, 7) is 5.10. The number of carbonyl (C=O) groups is 1. The van der Waals surface area contributed by atoms with E-state index in [4.69, 9.17) is 10.5 Å². The smallest absolute Gasteiger partial charge is 0.339 e. The molecule has 1 aromatic heterocycles. The maximum Gasteiger partial charge on any atom is 0.339 e. The van der Waals surface area contributed by atoms with Gasteiger partial charge in [-0.1, -0.05) is 26.0 Å². The number of ether oxygens (including phenoxy) is 1. The number of carbonyl (C=O) groups excluding carboxylic acids is 1. The summed E-state index contributed by atoms with van der Waals surface area (Å²) < 4.78 is 4.85. The van der Waals surface area contributed by atoms with Gasteiger partial charge in [-0.15, -0.1) is 0 Å². The fraction of sp³-hybridized carbons (Fsp3) is 0.389. The predicted molar refractivity (Wildman–Crippen MR) is 100 cm³/mol. The molecule has 1 heterocycles. The number of nitrogens with one attached hydrogen (secondary N) is 1. The van der Waals surface area contributed by atoms with E-state index in [0.29, 0.717) is 34.5 Å². The molecule has 1 aromatic carbocycles. The van der Waals surface area contributed by atoms with E-state index in [2.05, 4.69) is 29.1 Å². The highest BCUT2D eigenvalue weighted by atomic mass is 16.5. The lowest BCUT2D eigenvalue weighted by Crippen LogP contribution is -2.19. The third kappa shape index (κ3) is 4.37. The molecule has 2 aromatic rings. The number of nitrogens with zero attached hydrogens (tertiary/aromatic N) is 3. The molecule has 0 amide bonds. The van der Waals surface area contributed by atoms with Gasteiger partial charge in [0.05, 0.1) is 18.4 Å². The molecule has 25 heavy (non-hydrogen) atoms. The Hall–Kier alpha value is -2.83. The number of benzene rings is 1. The molecule has 0 saturated heterocycles. The summed E-state index contributed by atoms with van der Waals surface area (Å²) in [6.07, 6.45) is 2.47. The number of methoxy groups -OCH3 is 1. The minimum atomic E-state index is -0.412. The van der Waals surface area contributed by atoms with Crippen LogP contribution in [0.15, 0.2) is 30.6 Å². The van der Waals surface area contributed by atoms with Crippen LogP contribution < -0.4 is 16.0 Å². The van der Waals surface area contributed by atoms with E-state index in [1.54, 1.807) is 24.1 Å². The summed E-state index contributed by atoms with van der Waals surface area (Å²) in [5.74, 6) is 1.29. The number of nitrogen functional groups attached to an aromatic ring is 1. The molecular formula is C18H25N5O2. The van der Waals surface area contributed by atoms with Crippen LogP contribution in [-0.2, 0) is 4.74 Å². The van der Waals surface area contributed by atoms with Crippen molar-refractivity contribution >= 4 is 29.0 Å². The van der Waals surface area contributed by atoms with Crippen LogP contribution in [0.25, 0.3) is 0 Å². The van der Waals surface area contributed by atoms with E-state index in [1.165, 1.54) is 13.4 Å². The monoisotopic (exact) mass is 343 g/mol. The summed E-state index contributed by atoms with van der Waals surface area (Å²) in [4.78, 5) is 22.3. The maximum atomic E-state index is 12.0. The molecule has 0 radical (unpaired) electrons. The summed E-state index contributed by atoms with van der Waals surface area (Å²) >= 11 is 0. The first-order valence-corrected chi connectivity index (χ1v) is 8.21. The van der Waals surface area contributed by atoms with Crippen LogP contribution in [0.3, 0.4) is 0 Å². The SMILES string of the molecule is COC(=O)c1ccccc1N(C)c1ncnc(NCCC(C)C)c1N. The van der Waals surface area contributed by atoms with Crippen LogP contribution in [-0.4, -0.2) is 36.6 Å². The molecule has 0 bridgehead atoms. The Bertz CT molecular complexity index is 733. The van der Waals surface area contributed by atoms with Gasteiger partial charge in [0.15, 0.2) is 11.6 Å². The fourth-order valence-electron chi connectivity index (χ4n) is 2.44. The van der Waals surface area contributed by atoms with E-state index < -0.39 is 5.97 Å². The normalized spacial score (nSPS) is 10.6. The van der Waals surface area contributed by atoms with Crippen LogP contribution >= 0.6 is 0 Å².